The van der Waals surface area contributed by atoms with Gasteiger partial charge in [-0.1, -0.05) is 33.6 Å². The first kappa shape index (κ1) is 17.7. The molecule has 0 spiro atoms. The van der Waals surface area contributed by atoms with E-state index in [1.165, 1.54) is 0 Å². The van der Waals surface area contributed by atoms with Crippen molar-refractivity contribution in [1.82, 2.24) is 9.97 Å². The molecule has 0 aromatic carbocycles. The highest BCUT2D eigenvalue weighted by Gasteiger charge is 2.16. The van der Waals surface area contributed by atoms with Crippen LogP contribution in [0.3, 0.4) is 0 Å². The molecule has 0 radical (unpaired) electrons. The Kier molecular flexibility index (Phi) is 7.43. The summed E-state index contributed by atoms with van der Waals surface area (Å²) in [6.07, 6.45) is 3.51. The Bertz CT molecular complexity index is 433. The molecule has 1 atom stereocenters. The van der Waals surface area contributed by atoms with Crippen molar-refractivity contribution in [3.63, 3.8) is 0 Å². The van der Waals surface area contributed by atoms with E-state index >= 15 is 0 Å². The molecule has 1 rings (SSSR count). The van der Waals surface area contributed by atoms with Gasteiger partial charge in [0.2, 0.25) is 0 Å². The van der Waals surface area contributed by atoms with Crippen LogP contribution in [0.15, 0.2) is 0 Å². The maximum absolute atomic E-state index is 10.2. The fourth-order valence-electron chi connectivity index (χ4n) is 2.51. The standard InChI is InChI=1S/C16H30N4O/c1-6-9-14-19-15(17-5)11(4)16(20-14)18-10-13(21)12(7-2)8-3/h12-13,21H,6-10H2,1-5H3,(H2,17,18,19,20). The molecule has 1 heterocycles. The molecule has 1 unspecified atom stereocenters. The Balaban J connectivity index is 2.84. The van der Waals surface area contributed by atoms with E-state index in [4.69, 9.17) is 0 Å². The number of hydrogen-bond acceptors (Lipinski definition) is 5. The lowest BCUT2D eigenvalue weighted by atomic mass is 9.96. The summed E-state index contributed by atoms with van der Waals surface area (Å²) in [6.45, 7) is 8.87. The van der Waals surface area contributed by atoms with Gasteiger partial charge in [0.15, 0.2) is 0 Å². The first-order chi connectivity index (χ1) is 10.1. The zero-order valence-corrected chi connectivity index (χ0v) is 14.0. The zero-order valence-electron chi connectivity index (χ0n) is 14.0. The molecule has 3 N–H and O–H groups in total. The highest BCUT2D eigenvalue weighted by Crippen LogP contribution is 2.21. The lowest BCUT2D eigenvalue weighted by Crippen LogP contribution is -2.28. The Morgan fingerprint density at radius 1 is 1.10 bits per heavy atom. The van der Waals surface area contributed by atoms with E-state index in [-0.39, 0.29) is 6.10 Å². The quantitative estimate of drug-likeness (QED) is 0.653. The van der Waals surface area contributed by atoms with Gasteiger partial charge in [-0.15, -0.1) is 0 Å². The Morgan fingerprint density at radius 3 is 2.24 bits per heavy atom. The van der Waals surface area contributed by atoms with E-state index in [9.17, 15) is 5.11 Å². The molecule has 0 aliphatic rings. The van der Waals surface area contributed by atoms with Crippen molar-refractivity contribution in [3.8, 4) is 0 Å². The topological polar surface area (TPSA) is 70.1 Å². The number of aliphatic hydroxyl groups excluding tert-OH is 1. The lowest BCUT2D eigenvalue weighted by Gasteiger charge is -2.21. The summed E-state index contributed by atoms with van der Waals surface area (Å²) in [5.41, 5.74) is 0.995. The maximum atomic E-state index is 10.2. The van der Waals surface area contributed by atoms with E-state index in [1.807, 2.05) is 14.0 Å². The third-order valence-corrected chi connectivity index (χ3v) is 3.97. The van der Waals surface area contributed by atoms with Gasteiger partial charge in [0.25, 0.3) is 0 Å². The number of rotatable bonds is 9. The van der Waals surface area contributed by atoms with Crippen molar-refractivity contribution in [2.24, 2.45) is 5.92 Å². The molecule has 21 heavy (non-hydrogen) atoms. The molecule has 0 aliphatic carbocycles. The van der Waals surface area contributed by atoms with E-state index in [0.29, 0.717) is 12.5 Å². The SMILES string of the molecule is CCCc1nc(NC)c(C)c(NCC(O)C(CC)CC)n1. The van der Waals surface area contributed by atoms with Crippen LogP contribution in [-0.2, 0) is 6.42 Å². The summed E-state index contributed by atoms with van der Waals surface area (Å²) in [7, 11) is 1.87. The number of aromatic nitrogens is 2. The molecule has 5 nitrogen and oxygen atoms in total. The minimum Gasteiger partial charge on any atom is -0.391 e. The number of aryl methyl sites for hydroxylation is 1. The highest BCUT2D eigenvalue weighted by atomic mass is 16.3. The fraction of sp³-hybridized carbons (Fsp3) is 0.750. The van der Waals surface area contributed by atoms with Gasteiger partial charge in [-0.2, -0.15) is 0 Å². The molecule has 5 heteroatoms. The summed E-state index contributed by atoms with van der Waals surface area (Å²) < 4.78 is 0. The number of nitrogens with zero attached hydrogens (tertiary/aromatic N) is 2. The van der Waals surface area contributed by atoms with Crippen molar-refractivity contribution in [2.75, 3.05) is 24.2 Å². The Morgan fingerprint density at radius 2 is 1.71 bits per heavy atom. The second-order valence-corrected chi connectivity index (χ2v) is 5.49. The third-order valence-electron chi connectivity index (χ3n) is 3.97. The van der Waals surface area contributed by atoms with Crippen LogP contribution in [0.2, 0.25) is 0 Å². The summed E-state index contributed by atoms with van der Waals surface area (Å²) >= 11 is 0. The number of anilines is 2. The van der Waals surface area contributed by atoms with E-state index in [2.05, 4.69) is 41.4 Å². The first-order valence-electron chi connectivity index (χ1n) is 8.04. The predicted octanol–water partition coefficient (Wildman–Crippen LogP) is 2.99. The fourth-order valence-corrected chi connectivity index (χ4v) is 2.51. The van der Waals surface area contributed by atoms with Gasteiger partial charge < -0.3 is 15.7 Å². The van der Waals surface area contributed by atoms with Crippen LogP contribution < -0.4 is 10.6 Å². The van der Waals surface area contributed by atoms with Gasteiger partial charge >= 0.3 is 0 Å². The van der Waals surface area contributed by atoms with Gasteiger partial charge in [0, 0.05) is 25.6 Å². The van der Waals surface area contributed by atoms with E-state index in [1.54, 1.807) is 0 Å². The normalized spacial score (nSPS) is 12.5. The lowest BCUT2D eigenvalue weighted by molar-refractivity contribution is 0.114. The molecule has 0 bridgehead atoms. The van der Waals surface area contributed by atoms with Crippen LogP contribution >= 0.6 is 0 Å². The van der Waals surface area contributed by atoms with Crippen LogP contribution in [0, 0.1) is 12.8 Å². The minimum atomic E-state index is -0.345. The minimum absolute atomic E-state index is 0.332. The van der Waals surface area contributed by atoms with E-state index in [0.717, 1.165) is 48.7 Å². The average Bonchev–Trinajstić information content (AvgIpc) is 2.48. The second kappa shape index (κ2) is 8.82. The molecule has 1 aromatic rings. The van der Waals surface area contributed by atoms with Gasteiger partial charge in [0.05, 0.1) is 6.10 Å². The van der Waals surface area contributed by atoms with Crippen molar-refractivity contribution < 1.29 is 5.11 Å². The van der Waals surface area contributed by atoms with Crippen molar-refractivity contribution in [2.45, 2.75) is 59.5 Å². The zero-order chi connectivity index (χ0) is 15.8. The van der Waals surface area contributed by atoms with E-state index < -0.39 is 0 Å². The molecular weight excluding hydrogens is 264 g/mol. The molecule has 0 fully saturated rings. The summed E-state index contributed by atoms with van der Waals surface area (Å²) in [5.74, 6) is 2.85. The molecule has 0 amide bonds. The summed E-state index contributed by atoms with van der Waals surface area (Å²) in [4.78, 5) is 9.09. The predicted molar refractivity (Wildman–Crippen MR) is 88.9 cm³/mol. The van der Waals surface area contributed by atoms with Gasteiger partial charge in [-0.3, -0.25) is 0 Å². The highest BCUT2D eigenvalue weighted by molar-refractivity contribution is 5.57. The maximum Gasteiger partial charge on any atom is 0.134 e. The molecule has 120 valence electrons. The molecule has 0 saturated carbocycles. The molecule has 0 saturated heterocycles. The van der Waals surface area contributed by atoms with Crippen molar-refractivity contribution in [1.29, 1.82) is 0 Å². The van der Waals surface area contributed by atoms with Gasteiger partial charge in [-0.05, 0) is 19.3 Å². The molecular formula is C16H30N4O. The summed E-state index contributed by atoms with van der Waals surface area (Å²) in [5, 5.41) is 16.6. The number of aliphatic hydroxyl groups is 1. The van der Waals surface area contributed by atoms with Crippen LogP contribution in [-0.4, -0.2) is 34.8 Å². The van der Waals surface area contributed by atoms with Gasteiger partial charge in [0.1, 0.15) is 17.5 Å². The average molecular weight is 294 g/mol. The Hall–Kier alpha value is -1.36. The molecule has 1 aromatic heterocycles. The summed E-state index contributed by atoms with van der Waals surface area (Å²) in [6, 6.07) is 0. The van der Waals surface area contributed by atoms with Gasteiger partial charge in [-0.25, -0.2) is 9.97 Å². The van der Waals surface area contributed by atoms with Crippen molar-refractivity contribution in [3.05, 3.63) is 11.4 Å². The first-order valence-corrected chi connectivity index (χ1v) is 8.04. The van der Waals surface area contributed by atoms with Crippen LogP contribution in [0.1, 0.15) is 51.4 Å². The monoisotopic (exact) mass is 294 g/mol. The Labute approximate surface area is 128 Å². The number of hydrogen-bond donors (Lipinski definition) is 3. The van der Waals surface area contributed by atoms with Crippen molar-refractivity contribution >= 4 is 11.6 Å². The smallest absolute Gasteiger partial charge is 0.134 e. The largest absolute Gasteiger partial charge is 0.391 e. The van der Waals surface area contributed by atoms with Crippen LogP contribution in [0.4, 0.5) is 11.6 Å². The molecule has 0 aliphatic heterocycles. The number of nitrogens with one attached hydrogen (secondary N) is 2. The third kappa shape index (κ3) is 4.84. The van der Waals surface area contributed by atoms with Crippen LogP contribution in [0.5, 0.6) is 0 Å². The van der Waals surface area contributed by atoms with Crippen LogP contribution in [0.25, 0.3) is 0 Å². The second-order valence-electron chi connectivity index (χ2n) is 5.49.